The van der Waals surface area contributed by atoms with Crippen molar-refractivity contribution in [1.82, 2.24) is 0 Å². The molecule has 7 N–H and O–H groups in total. The summed E-state index contributed by atoms with van der Waals surface area (Å²) in [5.41, 5.74) is 5.16. The summed E-state index contributed by atoms with van der Waals surface area (Å²) < 4.78 is 0. The van der Waals surface area contributed by atoms with Gasteiger partial charge in [0.05, 0.1) is 0 Å². The van der Waals surface area contributed by atoms with Gasteiger partial charge in [0.1, 0.15) is 6.04 Å². The van der Waals surface area contributed by atoms with E-state index in [0.29, 0.717) is 0 Å². The van der Waals surface area contributed by atoms with E-state index in [9.17, 15) is 4.79 Å². The normalized spacial score (nSPS) is 10.2. The summed E-state index contributed by atoms with van der Waals surface area (Å²) in [6.45, 7) is 3.55. The van der Waals surface area contributed by atoms with Gasteiger partial charge in [-0.1, -0.05) is 13.8 Å². The van der Waals surface area contributed by atoms with Crippen LogP contribution in [0.25, 0.3) is 0 Å². The molecule has 0 unspecified atom stereocenters. The van der Waals surface area contributed by atoms with Crippen molar-refractivity contribution in [3.63, 3.8) is 0 Å². The van der Waals surface area contributed by atoms with Crippen LogP contribution in [-0.4, -0.2) is 65.8 Å². The van der Waals surface area contributed by atoms with Gasteiger partial charge in [-0.15, -0.1) is 0 Å². The van der Waals surface area contributed by atoms with Gasteiger partial charge >= 0.3 is 43.7 Å². The topological polar surface area (TPSA) is 126 Å². The molecule has 11 heavy (non-hydrogen) atoms. The van der Waals surface area contributed by atoms with Crippen molar-refractivity contribution in [3.05, 3.63) is 0 Å². The molecule has 0 aromatic carbocycles. The van der Waals surface area contributed by atoms with E-state index in [-0.39, 0.29) is 54.6 Å². The van der Waals surface area contributed by atoms with Gasteiger partial charge < -0.3 is 21.8 Å². The molecule has 6 heteroatoms. The van der Waals surface area contributed by atoms with Crippen molar-refractivity contribution in [1.29, 1.82) is 0 Å². The standard InChI is InChI=1S/C5H11NO2.Ca.2H2O.2H/c1-3(2)4(6)5(7)8;;;;;/h3-4H,6H2,1-2H3,(H,7,8);;2*1H2;;/t4-;;;;;/m0...../s1. The van der Waals surface area contributed by atoms with Gasteiger partial charge in [-0.05, 0) is 5.92 Å². The third kappa shape index (κ3) is 10.6. The van der Waals surface area contributed by atoms with Crippen molar-refractivity contribution in [2.75, 3.05) is 0 Å². The fourth-order valence-corrected chi connectivity index (χ4v) is 0.285. The molecule has 0 radical (unpaired) electrons. The molecule has 0 bridgehead atoms. The summed E-state index contributed by atoms with van der Waals surface area (Å²) >= 11 is 0. The Morgan fingerprint density at radius 1 is 1.36 bits per heavy atom. The van der Waals surface area contributed by atoms with Crippen LogP contribution in [0.3, 0.4) is 0 Å². The molecular formula is C5H17CaNO4. The van der Waals surface area contributed by atoms with E-state index in [0.717, 1.165) is 0 Å². The van der Waals surface area contributed by atoms with Crippen molar-refractivity contribution in [3.8, 4) is 0 Å². The maximum atomic E-state index is 10.0. The summed E-state index contributed by atoms with van der Waals surface area (Å²) in [5.74, 6) is -0.910. The average Bonchev–Trinajstić information content (AvgIpc) is 1.64. The molecule has 0 rings (SSSR count). The van der Waals surface area contributed by atoms with Crippen LogP contribution < -0.4 is 5.73 Å². The molecule has 0 saturated carbocycles. The molecule has 0 spiro atoms. The van der Waals surface area contributed by atoms with Crippen LogP contribution >= 0.6 is 0 Å². The molecule has 0 fully saturated rings. The van der Waals surface area contributed by atoms with Crippen LogP contribution in [-0.2, 0) is 4.79 Å². The van der Waals surface area contributed by atoms with Crippen molar-refractivity contribution >= 4 is 43.7 Å². The van der Waals surface area contributed by atoms with Crippen LogP contribution in [0, 0.1) is 5.92 Å². The third-order valence-corrected chi connectivity index (χ3v) is 1.00. The summed E-state index contributed by atoms with van der Waals surface area (Å²) in [4.78, 5) is 10.0. The van der Waals surface area contributed by atoms with E-state index < -0.39 is 12.0 Å². The predicted octanol–water partition coefficient (Wildman–Crippen LogP) is -2.51. The van der Waals surface area contributed by atoms with Crippen molar-refractivity contribution in [2.24, 2.45) is 11.7 Å². The molecule has 0 aliphatic carbocycles. The van der Waals surface area contributed by atoms with Crippen LogP contribution in [0.5, 0.6) is 0 Å². The molecule has 0 saturated heterocycles. The first kappa shape index (κ1) is 22.6. The number of hydrogen-bond donors (Lipinski definition) is 2. The van der Waals surface area contributed by atoms with Crippen LogP contribution in [0.2, 0.25) is 0 Å². The zero-order valence-corrected chi connectivity index (χ0v) is 6.09. The summed E-state index contributed by atoms with van der Waals surface area (Å²) in [5, 5.41) is 8.23. The Bertz CT molecular complexity index is 98.5. The Morgan fingerprint density at radius 3 is 1.64 bits per heavy atom. The molecule has 5 nitrogen and oxygen atoms in total. The molecule has 0 aliphatic heterocycles. The Morgan fingerprint density at radius 2 is 1.64 bits per heavy atom. The quantitative estimate of drug-likeness (QED) is 0.472. The maximum absolute atomic E-state index is 10.0. The van der Waals surface area contributed by atoms with E-state index in [1.54, 1.807) is 13.8 Å². The number of carboxylic acid groups (broad SMARTS) is 1. The van der Waals surface area contributed by atoms with Gasteiger partial charge in [0, 0.05) is 0 Å². The summed E-state index contributed by atoms with van der Waals surface area (Å²) in [7, 11) is 0. The Hall–Kier alpha value is 0.610. The van der Waals surface area contributed by atoms with Gasteiger partial charge in [0.25, 0.3) is 0 Å². The van der Waals surface area contributed by atoms with Gasteiger partial charge in [-0.2, -0.15) is 0 Å². The van der Waals surface area contributed by atoms with Crippen LogP contribution in [0.4, 0.5) is 0 Å². The zero-order valence-electron chi connectivity index (χ0n) is 6.09. The molecule has 68 valence electrons. The number of carbonyl (C=O) groups is 1. The third-order valence-electron chi connectivity index (χ3n) is 1.00. The molecule has 0 aromatic heterocycles. The molecule has 0 aliphatic rings. The molecule has 0 aromatic rings. The fourth-order valence-electron chi connectivity index (χ4n) is 0.285. The van der Waals surface area contributed by atoms with E-state index in [1.165, 1.54) is 0 Å². The van der Waals surface area contributed by atoms with E-state index >= 15 is 0 Å². The Balaban J connectivity index is -0.0000000817. The van der Waals surface area contributed by atoms with Gasteiger partial charge in [0.2, 0.25) is 0 Å². The summed E-state index contributed by atoms with van der Waals surface area (Å²) in [6, 6.07) is -0.713. The van der Waals surface area contributed by atoms with Gasteiger partial charge in [-0.3, -0.25) is 4.79 Å². The molecular weight excluding hydrogens is 178 g/mol. The minimum absolute atomic E-state index is 0. The number of hydrogen-bond acceptors (Lipinski definition) is 2. The number of rotatable bonds is 2. The van der Waals surface area contributed by atoms with E-state index in [1.807, 2.05) is 0 Å². The number of nitrogens with two attached hydrogens (primary N) is 1. The zero-order chi connectivity index (χ0) is 6.73. The second-order valence-electron chi connectivity index (χ2n) is 2.11. The van der Waals surface area contributed by atoms with Crippen LogP contribution in [0.1, 0.15) is 13.8 Å². The first-order valence-electron chi connectivity index (χ1n) is 2.54. The van der Waals surface area contributed by atoms with E-state index in [2.05, 4.69) is 0 Å². The summed E-state index contributed by atoms with van der Waals surface area (Å²) in [6.07, 6.45) is 0. The number of aliphatic carboxylic acids is 1. The molecule has 0 amide bonds. The van der Waals surface area contributed by atoms with E-state index in [4.69, 9.17) is 10.8 Å². The predicted molar refractivity (Wildman–Crippen MR) is 46.2 cm³/mol. The Kier molecular flexibility index (Phi) is 21.8. The second-order valence-corrected chi connectivity index (χ2v) is 2.11. The second kappa shape index (κ2) is 10.6. The van der Waals surface area contributed by atoms with Gasteiger partial charge in [-0.25, -0.2) is 0 Å². The average molecular weight is 195 g/mol. The van der Waals surface area contributed by atoms with Crippen molar-refractivity contribution in [2.45, 2.75) is 19.9 Å². The van der Waals surface area contributed by atoms with Gasteiger partial charge in [0.15, 0.2) is 0 Å². The Labute approximate surface area is 95.6 Å². The van der Waals surface area contributed by atoms with Crippen molar-refractivity contribution < 1.29 is 20.9 Å². The fraction of sp³-hybridized carbons (Fsp3) is 0.800. The first-order valence-corrected chi connectivity index (χ1v) is 2.54. The SMILES string of the molecule is CC(C)[C@H](N)C(=O)O.O.O.[CaH2]. The number of carboxylic acids is 1. The first-order chi connectivity index (χ1) is 3.55. The van der Waals surface area contributed by atoms with Crippen LogP contribution in [0.15, 0.2) is 0 Å². The monoisotopic (exact) mass is 195 g/mol. The minimum atomic E-state index is -0.931. The molecule has 0 heterocycles. The molecule has 1 atom stereocenters.